The van der Waals surface area contributed by atoms with Gasteiger partial charge in [-0.3, -0.25) is 14.2 Å². The maximum Gasteiger partial charge on any atom is 0.261 e. The summed E-state index contributed by atoms with van der Waals surface area (Å²) in [5.41, 5.74) is 2.77. The zero-order valence-electron chi connectivity index (χ0n) is 15.7. The Bertz CT molecular complexity index is 1140. The van der Waals surface area contributed by atoms with E-state index >= 15 is 0 Å². The van der Waals surface area contributed by atoms with Crippen LogP contribution in [0.1, 0.15) is 29.6 Å². The van der Waals surface area contributed by atoms with Gasteiger partial charge in [0.25, 0.3) is 11.5 Å². The van der Waals surface area contributed by atoms with Gasteiger partial charge in [-0.1, -0.05) is 0 Å². The molecule has 1 aromatic heterocycles. The van der Waals surface area contributed by atoms with Crippen molar-refractivity contribution >= 4 is 40.4 Å². The molecule has 0 aliphatic carbocycles. The van der Waals surface area contributed by atoms with Gasteiger partial charge in [0.2, 0.25) is 0 Å². The van der Waals surface area contributed by atoms with E-state index < -0.39 is 0 Å². The van der Waals surface area contributed by atoms with E-state index in [1.165, 1.54) is 29.5 Å². The van der Waals surface area contributed by atoms with Crippen molar-refractivity contribution in [2.24, 2.45) is 7.05 Å². The van der Waals surface area contributed by atoms with Crippen LogP contribution in [0.3, 0.4) is 0 Å². The van der Waals surface area contributed by atoms with Crippen LogP contribution in [0, 0.1) is 4.77 Å². The summed E-state index contributed by atoms with van der Waals surface area (Å²) >= 11 is 5.15. The molecule has 0 bridgehead atoms. The van der Waals surface area contributed by atoms with Crippen molar-refractivity contribution in [1.82, 2.24) is 9.55 Å². The van der Waals surface area contributed by atoms with Crippen molar-refractivity contribution < 1.29 is 4.79 Å². The van der Waals surface area contributed by atoms with E-state index in [1.807, 2.05) is 24.3 Å². The minimum Gasteiger partial charge on any atom is -0.372 e. The Labute approximate surface area is 167 Å². The van der Waals surface area contributed by atoms with Gasteiger partial charge in [0, 0.05) is 37.1 Å². The molecule has 2 heterocycles. The van der Waals surface area contributed by atoms with Crippen LogP contribution in [0.25, 0.3) is 10.9 Å². The molecule has 1 aliphatic rings. The third-order valence-corrected chi connectivity index (χ3v) is 5.59. The molecule has 28 heavy (non-hydrogen) atoms. The summed E-state index contributed by atoms with van der Waals surface area (Å²) in [6.45, 7) is 2.17. The highest BCUT2D eigenvalue weighted by Crippen LogP contribution is 2.22. The van der Waals surface area contributed by atoms with Gasteiger partial charge in [-0.15, -0.1) is 0 Å². The Hall–Kier alpha value is -2.93. The van der Waals surface area contributed by atoms with Crippen molar-refractivity contribution in [3.8, 4) is 0 Å². The topological polar surface area (TPSA) is 70.1 Å². The second kappa shape index (κ2) is 7.59. The van der Waals surface area contributed by atoms with E-state index in [2.05, 4.69) is 15.2 Å². The van der Waals surface area contributed by atoms with Crippen LogP contribution in [-0.4, -0.2) is 28.5 Å². The van der Waals surface area contributed by atoms with Crippen molar-refractivity contribution in [3.63, 3.8) is 0 Å². The summed E-state index contributed by atoms with van der Waals surface area (Å²) < 4.78 is 1.70. The molecular weight excluding hydrogens is 372 g/mol. The van der Waals surface area contributed by atoms with E-state index in [0.29, 0.717) is 21.2 Å². The number of benzene rings is 2. The predicted octanol–water partition coefficient (Wildman–Crippen LogP) is 3.84. The number of aromatic amines is 1. The number of rotatable bonds is 3. The number of piperidine rings is 1. The molecule has 0 atom stereocenters. The first-order chi connectivity index (χ1) is 13.5. The molecule has 1 amide bonds. The lowest BCUT2D eigenvalue weighted by Crippen LogP contribution is -2.29. The SMILES string of the molecule is Cn1c(=S)[nH]c2cc(C(=O)Nc3ccc(N4CCCCC4)cc3)ccc2c1=O. The van der Waals surface area contributed by atoms with Gasteiger partial charge in [0.05, 0.1) is 10.9 Å². The van der Waals surface area contributed by atoms with Crippen LogP contribution >= 0.6 is 12.2 Å². The molecule has 144 valence electrons. The van der Waals surface area contributed by atoms with E-state index in [0.717, 1.165) is 18.8 Å². The number of carbonyl (C=O) groups excluding carboxylic acids is 1. The van der Waals surface area contributed by atoms with Crippen LogP contribution in [0.15, 0.2) is 47.3 Å². The zero-order valence-corrected chi connectivity index (χ0v) is 16.5. The number of hydrogen-bond donors (Lipinski definition) is 2. The predicted molar refractivity (Wildman–Crippen MR) is 115 cm³/mol. The van der Waals surface area contributed by atoms with Crippen LogP contribution in [-0.2, 0) is 7.05 Å². The fraction of sp³-hybridized carbons (Fsp3) is 0.286. The van der Waals surface area contributed by atoms with Crippen LogP contribution in [0.2, 0.25) is 0 Å². The molecule has 2 N–H and O–H groups in total. The van der Waals surface area contributed by atoms with Gasteiger partial charge in [-0.05, 0) is 73.9 Å². The normalized spacial score (nSPS) is 14.2. The maximum atomic E-state index is 12.6. The number of nitrogens with zero attached hydrogens (tertiary/aromatic N) is 2. The Morgan fingerprint density at radius 3 is 2.50 bits per heavy atom. The number of hydrogen-bond acceptors (Lipinski definition) is 4. The van der Waals surface area contributed by atoms with Gasteiger partial charge in [-0.2, -0.15) is 0 Å². The first kappa shape index (κ1) is 18.4. The van der Waals surface area contributed by atoms with Crippen molar-refractivity contribution in [3.05, 3.63) is 63.2 Å². The Morgan fingerprint density at radius 2 is 1.79 bits per heavy atom. The lowest BCUT2D eigenvalue weighted by atomic mass is 10.1. The molecule has 0 unspecified atom stereocenters. The number of anilines is 2. The average Bonchev–Trinajstić information content (AvgIpc) is 2.73. The standard InChI is InChI=1S/C21H22N4O2S/c1-24-20(27)17-10-5-14(13-18(17)23-21(24)28)19(26)22-15-6-8-16(9-7-15)25-11-3-2-4-12-25/h5-10,13H,2-4,11-12H2,1H3,(H,22,26)(H,23,28). The Morgan fingerprint density at radius 1 is 1.07 bits per heavy atom. The summed E-state index contributed by atoms with van der Waals surface area (Å²) in [4.78, 5) is 30.3. The summed E-state index contributed by atoms with van der Waals surface area (Å²) in [6, 6.07) is 12.9. The molecule has 6 nitrogen and oxygen atoms in total. The smallest absolute Gasteiger partial charge is 0.261 e. The molecular formula is C21H22N4O2S. The van der Waals surface area contributed by atoms with Crippen LogP contribution in [0.5, 0.6) is 0 Å². The van der Waals surface area contributed by atoms with E-state index in [9.17, 15) is 9.59 Å². The second-order valence-corrected chi connectivity index (χ2v) is 7.49. The lowest BCUT2D eigenvalue weighted by Gasteiger charge is -2.28. The summed E-state index contributed by atoms with van der Waals surface area (Å²) in [5, 5.41) is 3.41. The van der Waals surface area contributed by atoms with Gasteiger partial charge in [0.1, 0.15) is 0 Å². The highest BCUT2D eigenvalue weighted by molar-refractivity contribution is 7.71. The molecule has 0 spiro atoms. The molecule has 1 fully saturated rings. The minimum absolute atomic E-state index is 0.181. The Balaban J connectivity index is 1.54. The first-order valence-electron chi connectivity index (χ1n) is 9.42. The van der Waals surface area contributed by atoms with E-state index in [-0.39, 0.29) is 11.5 Å². The maximum absolute atomic E-state index is 12.6. The monoisotopic (exact) mass is 394 g/mol. The van der Waals surface area contributed by atoms with Crippen molar-refractivity contribution in [2.45, 2.75) is 19.3 Å². The van der Waals surface area contributed by atoms with Crippen molar-refractivity contribution in [2.75, 3.05) is 23.3 Å². The average molecular weight is 395 g/mol. The molecule has 4 rings (SSSR count). The summed E-state index contributed by atoms with van der Waals surface area (Å²) in [5.74, 6) is -0.229. The highest BCUT2D eigenvalue weighted by atomic mass is 32.1. The first-order valence-corrected chi connectivity index (χ1v) is 9.83. The number of H-pyrrole nitrogens is 1. The molecule has 0 saturated carbocycles. The molecule has 3 aromatic rings. The fourth-order valence-corrected chi connectivity index (χ4v) is 3.75. The minimum atomic E-state index is -0.229. The number of nitrogens with one attached hydrogen (secondary N) is 2. The summed E-state index contributed by atoms with van der Waals surface area (Å²) in [6.07, 6.45) is 3.76. The zero-order chi connectivity index (χ0) is 19.7. The van der Waals surface area contributed by atoms with Crippen molar-refractivity contribution in [1.29, 1.82) is 0 Å². The molecule has 1 saturated heterocycles. The number of amides is 1. The Kier molecular flexibility index (Phi) is 5.00. The largest absolute Gasteiger partial charge is 0.372 e. The number of carbonyl (C=O) groups is 1. The lowest BCUT2D eigenvalue weighted by molar-refractivity contribution is 0.102. The third-order valence-electron chi connectivity index (χ3n) is 5.21. The molecule has 7 heteroatoms. The van der Waals surface area contributed by atoms with Gasteiger partial charge in [0.15, 0.2) is 4.77 Å². The molecule has 0 radical (unpaired) electrons. The van der Waals surface area contributed by atoms with Gasteiger partial charge >= 0.3 is 0 Å². The second-order valence-electron chi connectivity index (χ2n) is 7.10. The van der Waals surface area contributed by atoms with Crippen LogP contribution < -0.4 is 15.8 Å². The van der Waals surface area contributed by atoms with E-state index in [4.69, 9.17) is 12.2 Å². The van der Waals surface area contributed by atoms with Gasteiger partial charge < -0.3 is 15.2 Å². The van der Waals surface area contributed by atoms with Crippen LogP contribution in [0.4, 0.5) is 11.4 Å². The number of aromatic nitrogens is 2. The van der Waals surface area contributed by atoms with Gasteiger partial charge in [-0.25, -0.2) is 0 Å². The third kappa shape index (κ3) is 3.57. The molecule has 1 aliphatic heterocycles. The quantitative estimate of drug-likeness (QED) is 0.662. The fourth-order valence-electron chi connectivity index (χ4n) is 3.56. The molecule has 2 aromatic carbocycles. The highest BCUT2D eigenvalue weighted by Gasteiger charge is 2.12. The number of fused-ring (bicyclic) bond motifs is 1. The van der Waals surface area contributed by atoms with E-state index in [1.54, 1.807) is 25.2 Å². The summed E-state index contributed by atoms with van der Waals surface area (Å²) in [7, 11) is 1.62.